The fourth-order valence-electron chi connectivity index (χ4n) is 5.59. The molecule has 264 valence electrons. The highest BCUT2D eigenvalue weighted by Gasteiger charge is 2.30. The van der Waals surface area contributed by atoms with Gasteiger partial charge < -0.3 is 30.0 Å². The Hall–Kier alpha value is -2.67. The monoisotopic (exact) mass is 653 g/mol. The zero-order chi connectivity index (χ0) is 34.2. The van der Waals surface area contributed by atoms with Gasteiger partial charge in [-0.15, -0.1) is 0 Å². The number of ether oxygens (including phenoxy) is 4. The van der Waals surface area contributed by atoms with Gasteiger partial charge in [-0.25, -0.2) is 0 Å². The fourth-order valence-corrected chi connectivity index (χ4v) is 5.59. The molecule has 46 heavy (non-hydrogen) atoms. The normalized spacial score (nSPS) is 22.4. The summed E-state index contributed by atoms with van der Waals surface area (Å²) in [6, 6.07) is 0. The maximum atomic E-state index is 11.8. The van der Waals surface area contributed by atoms with Crippen molar-refractivity contribution in [2.45, 2.75) is 85.5 Å². The lowest BCUT2D eigenvalue weighted by Crippen LogP contribution is -2.37. The summed E-state index contributed by atoms with van der Waals surface area (Å²) in [7, 11) is 0. The molecule has 0 saturated heterocycles. The minimum absolute atomic E-state index is 0.0207. The fraction of sp³-hybridized carbons (Fsp3) is 0.794. The van der Waals surface area contributed by atoms with Crippen molar-refractivity contribution in [1.82, 2.24) is 10.2 Å². The lowest BCUT2D eigenvalue weighted by molar-refractivity contribution is -0.138. The first-order valence-electron chi connectivity index (χ1n) is 17.1. The third kappa shape index (κ3) is 17.9. The number of ketones is 1. The van der Waals surface area contributed by atoms with Crippen molar-refractivity contribution in [2.24, 2.45) is 29.4 Å². The van der Waals surface area contributed by atoms with Gasteiger partial charge in [-0.3, -0.25) is 28.9 Å². The van der Waals surface area contributed by atoms with Crippen molar-refractivity contribution in [3.8, 4) is 0 Å². The Labute approximate surface area is 275 Å². The number of hydrogen-bond acceptors (Lipinski definition) is 9. The molecule has 4 amide bonds. The lowest BCUT2D eigenvalue weighted by Gasteiger charge is -2.29. The summed E-state index contributed by atoms with van der Waals surface area (Å²) >= 11 is 0. The van der Waals surface area contributed by atoms with Crippen LogP contribution in [-0.4, -0.2) is 100 Å². The van der Waals surface area contributed by atoms with Crippen molar-refractivity contribution < 1.29 is 42.9 Å². The zero-order valence-corrected chi connectivity index (χ0v) is 28.6. The van der Waals surface area contributed by atoms with E-state index in [9.17, 15) is 24.0 Å². The van der Waals surface area contributed by atoms with Crippen LogP contribution in [0, 0.1) is 23.7 Å². The molecular weight excluding hydrogens is 594 g/mol. The second kappa shape index (κ2) is 25.4. The highest BCUT2D eigenvalue weighted by Crippen LogP contribution is 2.30. The van der Waals surface area contributed by atoms with Crippen LogP contribution in [0.15, 0.2) is 12.2 Å². The third-order valence-corrected chi connectivity index (χ3v) is 8.39. The number of nitrogens with zero attached hydrogens (tertiary/aromatic N) is 1. The first-order valence-corrected chi connectivity index (χ1v) is 17.1. The summed E-state index contributed by atoms with van der Waals surface area (Å²) in [5, 5.41) is 2.97. The van der Waals surface area contributed by atoms with E-state index in [-0.39, 0.29) is 35.5 Å². The Morgan fingerprint density at radius 1 is 0.739 bits per heavy atom. The van der Waals surface area contributed by atoms with E-state index in [1.807, 2.05) is 20.8 Å². The maximum absolute atomic E-state index is 11.8. The molecule has 2 saturated carbocycles. The Morgan fingerprint density at radius 2 is 1.20 bits per heavy atom. The molecule has 0 aromatic rings. The molecule has 0 aromatic carbocycles. The topological polar surface area (TPSA) is 164 Å². The molecule has 0 spiro atoms. The second-order valence-electron chi connectivity index (χ2n) is 11.7. The summed E-state index contributed by atoms with van der Waals surface area (Å²) in [4.78, 5) is 58.2. The van der Waals surface area contributed by atoms with Crippen LogP contribution in [0.1, 0.15) is 85.5 Å². The van der Waals surface area contributed by atoms with Crippen molar-refractivity contribution >= 4 is 29.4 Å². The van der Waals surface area contributed by atoms with E-state index in [0.717, 1.165) is 51.4 Å². The number of primary amides is 1. The van der Waals surface area contributed by atoms with Gasteiger partial charge in [0.15, 0.2) is 0 Å². The maximum Gasteiger partial charge on any atom is 0.253 e. The van der Waals surface area contributed by atoms with Crippen molar-refractivity contribution in [2.75, 3.05) is 65.9 Å². The van der Waals surface area contributed by atoms with Crippen LogP contribution in [0.3, 0.4) is 0 Å². The Balaban J connectivity index is 0.000000475. The first-order chi connectivity index (χ1) is 22.2. The van der Waals surface area contributed by atoms with Crippen molar-refractivity contribution in [1.29, 1.82) is 0 Å². The van der Waals surface area contributed by atoms with Gasteiger partial charge in [-0.1, -0.05) is 13.8 Å². The highest BCUT2D eigenvalue weighted by atomic mass is 16.6. The number of Topliss-reactive ketones (excluding diaryl/α,β-unsaturated/α-hetero) is 1. The largest absolute Gasteiger partial charge is 0.379 e. The summed E-state index contributed by atoms with van der Waals surface area (Å²) < 4.78 is 21.3. The second-order valence-corrected chi connectivity index (χ2v) is 11.7. The van der Waals surface area contributed by atoms with Crippen LogP contribution in [0.4, 0.5) is 0 Å². The van der Waals surface area contributed by atoms with E-state index in [0.29, 0.717) is 90.0 Å². The molecular formula is C34H59N3O9. The SMILES string of the molecule is CC.CCOCCOCCOCCOCCC(=O)NCC1CCC(C(C)=O)CC1.NC(=O)C1CCC(CN2C(=O)C=CC2=O)CC1. The number of imide groups is 1. The summed E-state index contributed by atoms with van der Waals surface area (Å²) in [5.74, 6) is 0.620. The van der Waals surface area contributed by atoms with Crippen molar-refractivity contribution in [3.63, 3.8) is 0 Å². The molecule has 0 aromatic heterocycles. The van der Waals surface area contributed by atoms with Crippen LogP contribution in [-0.2, 0) is 42.9 Å². The molecule has 12 nitrogen and oxygen atoms in total. The summed E-state index contributed by atoms with van der Waals surface area (Å²) in [5.41, 5.74) is 5.25. The Kier molecular flexibility index (Phi) is 22.9. The number of carbonyl (C=O) groups is 5. The molecule has 2 fully saturated rings. The van der Waals surface area contributed by atoms with E-state index >= 15 is 0 Å². The molecule has 1 heterocycles. The quantitative estimate of drug-likeness (QED) is 0.157. The highest BCUT2D eigenvalue weighted by molar-refractivity contribution is 6.12. The van der Waals surface area contributed by atoms with Crippen LogP contribution in [0.25, 0.3) is 0 Å². The van der Waals surface area contributed by atoms with Crippen molar-refractivity contribution in [3.05, 3.63) is 12.2 Å². The van der Waals surface area contributed by atoms with E-state index in [4.69, 9.17) is 24.7 Å². The van der Waals surface area contributed by atoms with Crippen LogP contribution in [0.5, 0.6) is 0 Å². The average Bonchev–Trinajstić information content (AvgIpc) is 3.38. The van der Waals surface area contributed by atoms with Crippen LogP contribution < -0.4 is 11.1 Å². The molecule has 3 aliphatic rings. The van der Waals surface area contributed by atoms with Gasteiger partial charge in [0.25, 0.3) is 11.8 Å². The molecule has 1 aliphatic heterocycles. The number of hydrogen-bond donors (Lipinski definition) is 2. The van der Waals surface area contributed by atoms with E-state index < -0.39 is 0 Å². The van der Waals surface area contributed by atoms with E-state index in [1.54, 1.807) is 6.92 Å². The number of amides is 4. The van der Waals surface area contributed by atoms with E-state index in [1.165, 1.54) is 17.1 Å². The number of rotatable bonds is 19. The zero-order valence-electron chi connectivity index (χ0n) is 28.6. The van der Waals surface area contributed by atoms with E-state index in [2.05, 4.69) is 5.32 Å². The molecule has 0 radical (unpaired) electrons. The minimum atomic E-state index is -0.238. The molecule has 3 N–H and O–H groups in total. The van der Waals surface area contributed by atoms with Gasteiger partial charge in [-0.05, 0) is 77.0 Å². The molecule has 0 atom stereocenters. The average molecular weight is 654 g/mol. The lowest BCUT2D eigenvalue weighted by atomic mass is 9.80. The first kappa shape index (κ1) is 41.4. The van der Waals surface area contributed by atoms with Gasteiger partial charge in [-0.2, -0.15) is 0 Å². The molecule has 0 unspecified atom stereocenters. The Bertz CT molecular complexity index is 909. The van der Waals surface area contributed by atoms with Gasteiger partial charge in [0.05, 0.1) is 46.2 Å². The number of carbonyl (C=O) groups excluding carboxylic acids is 5. The van der Waals surface area contributed by atoms with Crippen LogP contribution in [0.2, 0.25) is 0 Å². The molecule has 2 aliphatic carbocycles. The molecule has 12 heteroatoms. The van der Waals surface area contributed by atoms with Gasteiger partial charge in [0.2, 0.25) is 11.8 Å². The third-order valence-electron chi connectivity index (χ3n) is 8.39. The van der Waals surface area contributed by atoms with Crippen LogP contribution >= 0.6 is 0 Å². The molecule has 0 bridgehead atoms. The Morgan fingerprint density at radius 3 is 1.67 bits per heavy atom. The predicted molar refractivity (Wildman–Crippen MR) is 175 cm³/mol. The molecule has 3 rings (SSSR count). The number of nitrogens with two attached hydrogens (primary N) is 1. The van der Waals surface area contributed by atoms with Gasteiger partial charge in [0.1, 0.15) is 5.78 Å². The predicted octanol–water partition coefficient (Wildman–Crippen LogP) is 3.20. The minimum Gasteiger partial charge on any atom is -0.379 e. The summed E-state index contributed by atoms with van der Waals surface area (Å²) in [6.07, 6.45) is 10.2. The standard InChI is InChI=1S/C20H37NO6.C12H16N2O3.C2H6/c1-3-24-10-11-26-14-15-27-13-12-25-9-8-20(23)21-16-18-4-6-19(7-5-18)17(2)22;13-12(17)9-3-1-8(2-4-9)7-14-10(15)5-6-11(14)16;1-2/h18-19H,3-16H2,1-2H3,(H,21,23);5-6,8-9H,1-4,7H2,(H2,13,17);1-2H3. The smallest absolute Gasteiger partial charge is 0.253 e. The summed E-state index contributed by atoms with van der Waals surface area (Å²) in [6.45, 7) is 13.1. The van der Waals surface area contributed by atoms with Gasteiger partial charge >= 0.3 is 0 Å². The number of nitrogens with one attached hydrogen (secondary N) is 1. The van der Waals surface area contributed by atoms with Gasteiger partial charge in [0, 0.05) is 50.1 Å².